The van der Waals surface area contributed by atoms with Crippen molar-refractivity contribution in [3.05, 3.63) is 199 Å². The zero-order chi connectivity index (χ0) is 37.5. The minimum atomic E-state index is -0.467. The van der Waals surface area contributed by atoms with Gasteiger partial charge in [-0.2, -0.15) is 0 Å². The first-order valence-electron chi connectivity index (χ1n) is 19.2. The predicted molar refractivity (Wildman–Crippen MR) is 233 cm³/mol. The summed E-state index contributed by atoms with van der Waals surface area (Å²) < 4.78 is 15.6. The van der Waals surface area contributed by atoms with E-state index in [1.165, 1.54) is 10.8 Å². The summed E-state index contributed by atoms with van der Waals surface area (Å²) in [5, 5.41) is 10.4. The summed E-state index contributed by atoms with van der Waals surface area (Å²) in [5.41, 5.74) is 11.7. The molecule has 1 aliphatic heterocycles. The quantitative estimate of drug-likeness (QED) is 0.192. The number of nitrogens with one attached hydrogen (secondary N) is 1. The minimum Gasteiger partial charge on any atom is -0.456 e. The fourth-order valence-corrected chi connectivity index (χ4v) is 8.66. The number of hydrogen-bond acceptors (Lipinski definition) is 5. The third kappa shape index (κ3) is 4.97. The number of benzene rings is 8. The van der Waals surface area contributed by atoms with E-state index in [0.717, 1.165) is 88.4 Å². The summed E-state index contributed by atoms with van der Waals surface area (Å²) >= 11 is 0. The Morgan fingerprint density at radius 1 is 0.456 bits per heavy atom. The number of aliphatic imine (C=N–C) groups is 2. The van der Waals surface area contributed by atoms with Gasteiger partial charge in [-0.15, -0.1) is 0 Å². The molecule has 12 rings (SSSR count). The Labute approximate surface area is 326 Å². The molecule has 57 heavy (non-hydrogen) atoms. The number of furan rings is 2. The Hall–Kier alpha value is -7.70. The fraction of sp³-hybridized carbons (Fsp3) is 0.0196. The first kappa shape index (κ1) is 31.6. The molecule has 0 radical (unpaired) electrons. The summed E-state index contributed by atoms with van der Waals surface area (Å²) in [6.07, 6.45) is -0.467. The van der Waals surface area contributed by atoms with Crippen LogP contribution in [-0.2, 0) is 0 Å². The number of hydrogen-bond donors (Lipinski definition) is 1. The van der Waals surface area contributed by atoms with Crippen molar-refractivity contribution in [2.45, 2.75) is 6.17 Å². The lowest BCUT2D eigenvalue weighted by Gasteiger charge is -2.24. The smallest absolute Gasteiger partial charge is 0.159 e. The molecule has 11 aromatic rings. The first-order valence-corrected chi connectivity index (χ1v) is 19.2. The third-order valence-corrected chi connectivity index (χ3v) is 11.3. The van der Waals surface area contributed by atoms with Crippen LogP contribution >= 0.6 is 0 Å². The van der Waals surface area contributed by atoms with Crippen molar-refractivity contribution >= 4 is 77.4 Å². The molecule has 268 valence electrons. The van der Waals surface area contributed by atoms with Gasteiger partial charge in [-0.25, -0.2) is 9.98 Å². The highest BCUT2D eigenvalue weighted by Crippen LogP contribution is 2.40. The van der Waals surface area contributed by atoms with Crippen molar-refractivity contribution in [3.63, 3.8) is 0 Å². The van der Waals surface area contributed by atoms with E-state index in [2.05, 4.69) is 168 Å². The number of nitrogens with zero attached hydrogens (tertiary/aromatic N) is 3. The molecule has 4 heterocycles. The number of aromatic nitrogens is 1. The second-order valence-corrected chi connectivity index (χ2v) is 14.6. The Kier molecular flexibility index (Phi) is 6.89. The van der Waals surface area contributed by atoms with Gasteiger partial charge in [0.25, 0.3) is 0 Å². The van der Waals surface area contributed by atoms with Crippen molar-refractivity contribution in [1.82, 2.24) is 9.88 Å². The van der Waals surface area contributed by atoms with E-state index in [-0.39, 0.29) is 0 Å². The molecule has 0 amide bonds. The maximum atomic E-state index is 6.68. The highest BCUT2D eigenvalue weighted by molar-refractivity contribution is 6.17. The highest BCUT2D eigenvalue weighted by Gasteiger charge is 2.26. The van der Waals surface area contributed by atoms with Gasteiger partial charge in [0.2, 0.25) is 0 Å². The van der Waals surface area contributed by atoms with Crippen molar-refractivity contribution in [3.8, 4) is 16.8 Å². The average molecular weight is 733 g/mol. The second-order valence-electron chi connectivity index (χ2n) is 14.6. The van der Waals surface area contributed by atoms with Gasteiger partial charge in [-0.1, -0.05) is 133 Å². The maximum Gasteiger partial charge on any atom is 0.159 e. The van der Waals surface area contributed by atoms with Crippen LogP contribution in [-0.4, -0.2) is 16.2 Å². The van der Waals surface area contributed by atoms with Crippen molar-refractivity contribution < 1.29 is 8.83 Å². The topological polar surface area (TPSA) is 68.0 Å². The Morgan fingerprint density at radius 3 is 1.96 bits per heavy atom. The summed E-state index contributed by atoms with van der Waals surface area (Å²) in [6, 6.07) is 63.2. The minimum absolute atomic E-state index is 0.467. The highest BCUT2D eigenvalue weighted by atomic mass is 16.3. The van der Waals surface area contributed by atoms with Crippen LogP contribution in [0.3, 0.4) is 0 Å². The lowest BCUT2D eigenvalue weighted by molar-refractivity contribution is 0.628. The Balaban J connectivity index is 1.02. The standard InChI is InChI=1S/C51H32N4O2/c1-2-13-31(14-3-1)32-15-10-16-33(29-32)49-52-50(54-51(53-49)40-21-11-20-38-37-19-6-9-25-44(37)57-48(38)40)34-27-28-39-46(30-34)56-45-26-12-24-43(47(39)45)55-41-22-7-4-17-35(41)36-18-5-8-23-42(36)55/h1-30,51H,(H,52,53,54). The number of amidine groups is 2. The van der Waals surface area contributed by atoms with Gasteiger partial charge in [0, 0.05) is 43.6 Å². The molecule has 6 nitrogen and oxygen atoms in total. The lowest BCUT2D eigenvalue weighted by atomic mass is 10.0. The zero-order valence-corrected chi connectivity index (χ0v) is 30.6. The van der Waals surface area contributed by atoms with Crippen LogP contribution in [0.4, 0.5) is 0 Å². The zero-order valence-electron chi connectivity index (χ0n) is 30.6. The van der Waals surface area contributed by atoms with E-state index in [9.17, 15) is 0 Å². The number of fused-ring (bicyclic) bond motifs is 9. The lowest BCUT2D eigenvalue weighted by Crippen LogP contribution is -2.33. The van der Waals surface area contributed by atoms with Crippen LogP contribution in [0.5, 0.6) is 0 Å². The molecule has 8 aromatic carbocycles. The second kappa shape index (κ2) is 12.4. The van der Waals surface area contributed by atoms with Crippen molar-refractivity contribution in [2.75, 3.05) is 0 Å². The number of rotatable bonds is 5. The molecular weight excluding hydrogens is 701 g/mol. The normalized spacial score (nSPS) is 14.5. The largest absolute Gasteiger partial charge is 0.456 e. The van der Waals surface area contributed by atoms with Crippen LogP contribution in [0.1, 0.15) is 22.9 Å². The summed E-state index contributed by atoms with van der Waals surface area (Å²) in [6.45, 7) is 0. The van der Waals surface area contributed by atoms with E-state index in [4.69, 9.17) is 18.8 Å². The van der Waals surface area contributed by atoms with Crippen LogP contribution < -0.4 is 5.32 Å². The molecule has 1 aliphatic rings. The van der Waals surface area contributed by atoms with E-state index in [0.29, 0.717) is 11.7 Å². The monoisotopic (exact) mass is 732 g/mol. The van der Waals surface area contributed by atoms with Gasteiger partial charge in [-0.05, 0) is 59.7 Å². The Morgan fingerprint density at radius 2 is 1.12 bits per heavy atom. The molecule has 0 bridgehead atoms. The van der Waals surface area contributed by atoms with Crippen molar-refractivity contribution in [1.29, 1.82) is 0 Å². The molecule has 0 saturated carbocycles. The molecular formula is C51H32N4O2. The van der Waals surface area contributed by atoms with E-state index < -0.39 is 6.17 Å². The van der Waals surface area contributed by atoms with E-state index in [1.54, 1.807) is 0 Å². The van der Waals surface area contributed by atoms with E-state index >= 15 is 0 Å². The summed E-state index contributed by atoms with van der Waals surface area (Å²) in [7, 11) is 0. The first-order chi connectivity index (χ1) is 28.2. The van der Waals surface area contributed by atoms with Crippen LogP contribution in [0.15, 0.2) is 201 Å². The van der Waals surface area contributed by atoms with Gasteiger partial charge < -0.3 is 18.7 Å². The van der Waals surface area contributed by atoms with Crippen LogP contribution in [0, 0.1) is 0 Å². The molecule has 0 aliphatic carbocycles. The fourth-order valence-electron chi connectivity index (χ4n) is 8.66. The van der Waals surface area contributed by atoms with Gasteiger partial charge in [0.05, 0.1) is 22.1 Å². The molecule has 1 unspecified atom stereocenters. The molecule has 1 N–H and O–H groups in total. The van der Waals surface area contributed by atoms with Crippen LogP contribution in [0.25, 0.3) is 82.5 Å². The van der Waals surface area contributed by atoms with Gasteiger partial charge >= 0.3 is 0 Å². The molecule has 0 spiro atoms. The molecule has 0 saturated heterocycles. The third-order valence-electron chi connectivity index (χ3n) is 11.3. The summed E-state index contributed by atoms with van der Waals surface area (Å²) in [5.74, 6) is 1.34. The summed E-state index contributed by atoms with van der Waals surface area (Å²) in [4.78, 5) is 10.5. The molecule has 3 aromatic heterocycles. The molecule has 1 atom stereocenters. The van der Waals surface area contributed by atoms with Crippen LogP contribution in [0.2, 0.25) is 0 Å². The average Bonchev–Trinajstić information content (AvgIpc) is 3.96. The van der Waals surface area contributed by atoms with E-state index in [1.807, 2.05) is 24.3 Å². The number of para-hydroxylation sites is 4. The van der Waals surface area contributed by atoms with Crippen molar-refractivity contribution in [2.24, 2.45) is 9.98 Å². The Bertz CT molecular complexity index is 3400. The molecule has 6 heteroatoms. The predicted octanol–water partition coefficient (Wildman–Crippen LogP) is 12.7. The SMILES string of the molecule is c1ccc(-c2cccc(C3=NC(c4cccc5c4oc4ccccc45)NC(c4ccc5c(c4)oc4cccc(-n6c7ccccc7c7ccccc76)c45)=N3)c2)cc1. The maximum absolute atomic E-state index is 6.68. The molecule has 0 fully saturated rings. The van der Waals surface area contributed by atoms with Gasteiger partial charge in [0.15, 0.2) is 12.0 Å². The van der Waals surface area contributed by atoms with Gasteiger partial charge in [-0.3, -0.25) is 0 Å². The van der Waals surface area contributed by atoms with Gasteiger partial charge in [0.1, 0.15) is 28.2 Å².